The van der Waals surface area contributed by atoms with Crippen molar-refractivity contribution in [2.45, 2.75) is 58.4 Å². The van der Waals surface area contributed by atoms with Gasteiger partial charge in [-0.05, 0) is 55.4 Å². The molecule has 0 aliphatic heterocycles. The molecule has 1 aromatic carbocycles. The van der Waals surface area contributed by atoms with Crippen molar-refractivity contribution in [3.8, 4) is 0 Å². The highest BCUT2D eigenvalue weighted by atomic mass is 16.1. The molecule has 4 atom stereocenters. The van der Waals surface area contributed by atoms with Crippen molar-refractivity contribution in [3.63, 3.8) is 0 Å². The van der Waals surface area contributed by atoms with Crippen LogP contribution < -0.4 is 5.32 Å². The van der Waals surface area contributed by atoms with Gasteiger partial charge in [-0.1, -0.05) is 44.5 Å². The molecule has 2 bridgehead atoms. The molecule has 1 N–H and O–H groups in total. The molecule has 0 saturated heterocycles. The molecule has 2 saturated carbocycles. The monoisotopic (exact) mass is 299 g/mol. The van der Waals surface area contributed by atoms with Crippen LogP contribution in [0.5, 0.6) is 0 Å². The summed E-state index contributed by atoms with van der Waals surface area (Å²) in [6, 6.07) is 8.58. The van der Waals surface area contributed by atoms with E-state index in [1.807, 2.05) is 12.1 Å². The van der Waals surface area contributed by atoms with E-state index in [2.05, 4.69) is 38.2 Å². The van der Waals surface area contributed by atoms with Crippen LogP contribution in [0.25, 0.3) is 0 Å². The van der Waals surface area contributed by atoms with Crippen LogP contribution in [0.15, 0.2) is 24.3 Å². The molecule has 0 amide bonds. The van der Waals surface area contributed by atoms with Gasteiger partial charge in [0, 0.05) is 11.6 Å². The van der Waals surface area contributed by atoms with Crippen LogP contribution >= 0.6 is 0 Å². The fourth-order valence-electron chi connectivity index (χ4n) is 4.47. The number of nitrogens with one attached hydrogen (secondary N) is 1. The Hall–Kier alpha value is -1.15. The summed E-state index contributed by atoms with van der Waals surface area (Å²) in [6.07, 6.45) is 5.65. The van der Waals surface area contributed by atoms with Gasteiger partial charge in [0.25, 0.3) is 0 Å². The lowest BCUT2D eigenvalue weighted by atomic mass is 9.84. The summed E-state index contributed by atoms with van der Waals surface area (Å²) in [4.78, 5) is 12.3. The minimum absolute atomic E-state index is 0.213. The maximum atomic E-state index is 12.3. The van der Waals surface area contributed by atoms with E-state index in [9.17, 15) is 4.79 Å². The Morgan fingerprint density at radius 2 is 1.86 bits per heavy atom. The van der Waals surface area contributed by atoms with Gasteiger partial charge in [-0.3, -0.25) is 4.79 Å². The number of hydrogen-bond donors (Lipinski definition) is 1. The molecule has 0 aromatic heterocycles. The van der Waals surface area contributed by atoms with Gasteiger partial charge in [0.1, 0.15) is 0 Å². The average Bonchev–Trinajstić information content (AvgIpc) is 3.15. The molecule has 1 aromatic rings. The van der Waals surface area contributed by atoms with Crippen molar-refractivity contribution >= 4 is 5.78 Å². The van der Waals surface area contributed by atoms with Gasteiger partial charge in [-0.25, -0.2) is 0 Å². The zero-order valence-electron chi connectivity index (χ0n) is 14.1. The van der Waals surface area contributed by atoms with Crippen LogP contribution in [0.4, 0.5) is 0 Å². The largest absolute Gasteiger partial charge is 0.307 e. The molecule has 3 rings (SSSR count). The fraction of sp³-hybridized carbons (Fsp3) is 0.650. The minimum Gasteiger partial charge on any atom is -0.307 e. The number of ketones is 1. The van der Waals surface area contributed by atoms with Gasteiger partial charge in [0.05, 0.1) is 6.54 Å². The van der Waals surface area contributed by atoms with Crippen molar-refractivity contribution in [2.75, 3.05) is 6.54 Å². The van der Waals surface area contributed by atoms with E-state index in [4.69, 9.17) is 0 Å². The first-order valence-electron chi connectivity index (χ1n) is 8.91. The fourth-order valence-corrected chi connectivity index (χ4v) is 4.47. The van der Waals surface area contributed by atoms with Crippen molar-refractivity contribution in [3.05, 3.63) is 35.4 Å². The van der Waals surface area contributed by atoms with E-state index in [-0.39, 0.29) is 5.78 Å². The lowest BCUT2D eigenvalue weighted by molar-refractivity contribution is 0.0981. The maximum absolute atomic E-state index is 12.3. The van der Waals surface area contributed by atoms with Gasteiger partial charge >= 0.3 is 0 Å². The Bertz CT molecular complexity index is 519. The maximum Gasteiger partial charge on any atom is 0.176 e. The Morgan fingerprint density at radius 3 is 2.41 bits per heavy atom. The summed E-state index contributed by atoms with van der Waals surface area (Å²) < 4.78 is 0. The first-order valence-corrected chi connectivity index (χ1v) is 8.91. The molecule has 0 spiro atoms. The Labute approximate surface area is 134 Å². The standard InChI is InChI=1S/C20H29NO/c1-13(2)16-6-8-17(9-7-16)20(22)12-21-14(3)19-11-15-4-5-18(19)10-15/h6-9,13-15,18-19,21H,4-5,10-12H2,1-3H3. The quantitative estimate of drug-likeness (QED) is 0.788. The van der Waals surface area contributed by atoms with Gasteiger partial charge in [-0.15, -0.1) is 0 Å². The predicted molar refractivity (Wildman–Crippen MR) is 91.3 cm³/mol. The number of rotatable bonds is 6. The molecule has 4 unspecified atom stereocenters. The highest BCUT2D eigenvalue weighted by molar-refractivity contribution is 5.97. The van der Waals surface area contributed by atoms with Gasteiger partial charge in [0.15, 0.2) is 5.78 Å². The van der Waals surface area contributed by atoms with E-state index in [1.165, 1.54) is 31.2 Å². The van der Waals surface area contributed by atoms with Crippen molar-refractivity contribution < 1.29 is 4.79 Å². The number of Topliss-reactive ketones (excluding diaryl/α,β-unsaturated/α-hetero) is 1. The number of carbonyl (C=O) groups excluding carboxylic acids is 1. The minimum atomic E-state index is 0.213. The lowest BCUT2D eigenvalue weighted by Gasteiger charge is -2.28. The summed E-state index contributed by atoms with van der Waals surface area (Å²) in [5, 5.41) is 3.50. The second kappa shape index (κ2) is 6.54. The third-order valence-electron chi connectivity index (χ3n) is 5.92. The smallest absolute Gasteiger partial charge is 0.176 e. The van der Waals surface area contributed by atoms with Crippen molar-refractivity contribution in [1.29, 1.82) is 0 Å². The Balaban J connectivity index is 1.51. The number of carbonyl (C=O) groups is 1. The molecule has 22 heavy (non-hydrogen) atoms. The van der Waals surface area contributed by atoms with Crippen LogP contribution in [0.3, 0.4) is 0 Å². The van der Waals surface area contributed by atoms with E-state index in [0.29, 0.717) is 18.5 Å². The van der Waals surface area contributed by atoms with Gasteiger partial charge in [0.2, 0.25) is 0 Å². The van der Waals surface area contributed by atoms with E-state index >= 15 is 0 Å². The number of fused-ring (bicyclic) bond motifs is 2. The van der Waals surface area contributed by atoms with Crippen LogP contribution in [0.1, 0.15) is 68.3 Å². The molecule has 2 fully saturated rings. The summed E-state index contributed by atoms with van der Waals surface area (Å²) in [5.41, 5.74) is 2.12. The summed E-state index contributed by atoms with van der Waals surface area (Å²) >= 11 is 0. The number of benzene rings is 1. The van der Waals surface area contributed by atoms with E-state index < -0.39 is 0 Å². The van der Waals surface area contributed by atoms with Crippen LogP contribution in [-0.4, -0.2) is 18.4 Å². The van der Waals surface area contributed by atoms with Crippen LogP contribution in [-0.2, 0) is 0 Å². The highest BCUT2D eigenvalue weighted by Gasteiger charge is 2.41. The van der Waals surface area contributed by atoms with Crippen LogP contribution in [0.2, 0.25) is 0 Å². The molecule has 2 nitrogen and oxygen atoms in total. The van der Waals surface area contributed by atoms with E-state index in [0.717, 1.165) is 23.3 Å². The van der Waals surface area contributed by atoms with Gasteiger partial charge < -0.3 is 5.32 Å². The molecule has 0 heterocycles. The second-order valence-electron chi connectivity index (χ2n) is 7.71. The van der Waals surface area contributed by atoms with Crippen LogP contribution in [0, 0.1) is 17.8 Å². The molecule has 2 aliphatic carbocycles. The Morgan fingerprint density at radius 1 is 1.14 bits per heavy atom. The van der Waals surface area contributed by atoms with Crippen molar-refractivity contribution in [2.24, 2.45) is 17.8 Å². The summed E-state index contributed by atoms with van der Waals surface area (Å²) in [7, 11) is 0. The Kier molecular flexibility index (Phi) is 4.67. The topological polar surface area (TPSA) is 29.1 Å². The molecular formula is C20H29NO. The van der Waals surface area contributed by atoms with Crippen molar-refractivity contribution in [1.82, 2.24) is 5.32 Å². The zero-order valence-corrected chi connectivity index (χ0v) is 14.1. The first kappa shape index (κ1) is 15.7. The highest BCUT2D eigenvalue weighted by Crippen LogP contribution is 2.49. The molecule has 0 radical (unpaired) electrons. The zero-order chi connectivity index (χ0) is 15.7. The molecule has 2 heteroatoms. The predicted octanol–water partition coefficient (Wildman–Crippen LogP) is 4.41. The second-order valence-corrected chi connectivity index (χ2v) is 7.71. The SMILES string of the molecule is CC(C)c1ccc(C(=O)CNC(C)C2CC3CCC2C3)cc1. The van der Waals surface area contributed by atoms with E-state index in [1.54, 1.807) is 0 Å². The third-order valence-corrected chi connectivity index (χ3v) is 5.92. The van der Waals surface area contributed by atoms with Gasteiger partial charge in [-0.2, -0.15) is 0 Å². The summed E-state index contributed by atoms with van der Waals surface area (Å²) in [6.45, 7) is 7.08. The normalized spacial score (nSPS) is 28.3. The number of hydrogen-bond acceptors (Lipinski definition) is 2. The molecular weight excluding hydrogens is 270 g/mol. The summed E-state index contributed by atoms with van der Waals surface area (Å²) in [5.74, 6) is 3.40. The average molecular weight is 299 g/mol. The molecule has 2 aliphatic rings. The first-order chi connectivity index (χ1) is 10.5. The molecule has 120 valence electrons. The lowest BCUT2D eigenvalue weighted by Crippen LogP contribution is -2.39. The third kappa shape index (κ3) is 3.27.